The number of aliphatic hydroxyl groups is 1. The zero-order valence-corrected chi connectivity index (χ0v) is 58.5. The number of hydrogen-bond donors (Lipinski definition) is 3. The Hall–Kier alpha value is -1.54. The molecule has 0 heterocycles. The van der Waals surface area contributed by atoms with E-state index in [1.807, 2.05) is 27.2 Å². The normalized spacial score (nSPS) is 13.8. The number of likely N-dealkylation sites (N-methyl/N-ethyl adjacent to an activating group) is 1. The molecule has 9 heteroatoms. The van der Waals surface area contributed by atoms with Crippen LogP contribution in [0.3, 0.4) is 0 Å². The van der Waals surface area contributed by atoms with Crippen molar-refractivity contribution in [3.63, 3.8) is 0 Å². The van der Waals surface area contributed by atoms with E-state index in [1.165, 1.54) is 315 Å². The van der Waals surface area contributed by atoms with E-state index in [0.29, 0.717) is 17.4 Å². The fourth-order valence-electron chi connectivity index (χ4n) is 11.4. The molecule has 0 aliphatic carbocycles. The number of rotatable bonds is 70. The lowest BCUT2D eigenvalue weighted by molar-refractivity contribution is -0.870. The first kappa shape index (κ1) is 83.5. The minimum Gasteiger partial charge on any atom is -0.387 e. The molecular formula is C76H148N2O6P+. The van der Waals surface area contributed by atoms with Crippen molar-refractivity contribution in [3.8, 4) is 0 Å². The summed E-state index contributed by atoms with van der Waals surface area (Å²) in [4.78, 5) is 23.4. The highest BCUT2D eigenvalue weighted by Gasteiger charge is 2.28. The summed E-state index contributed by atoms with van der Waals surface area (Å²) in [5.74, 6) is -0.184. The number of allylic oxidation sites excluding steroid dienone is 7. The Morgan fingerprint density at radius 1 is 0.388 bits per heavy atom. The van der Waals surface area contributed by atoms with E-state index >= 15 is 0 Å². The molecule has 0 saturated heterocycles. The number of unbranched alkanes of at least 4 members (excludes halogenated alkanes) is 51. The van der Waals surface area contributed by atoms with Crippen molar-refractivity contribution in [2.24, 2.45) is 0 Å². The first-order chi connectivity index (χ1) is 41.5. The van der Waals surface area contributed by atoms with E-state index < -0.39 is 20.0 Å². The highest BCUT2D eigenvalue weighted by molar-refractivity contribution is 7.47. The highest BCUT2D eigenvalue weighted by Crippen LogP contribution is 2.43. The molecule has 85 heavy (non-hydrogen) atoms. The molecule has 3 N–H and O–H groups in total. The standard InChI is InChI=1S/C76H147N2O6P/c1-6-8-10-12-14-16-18-20-22-24-26-28-30-32-34-36-37-38-39-40-41-42-44-46-48-50-52-54-56-58-60-62-64-66-68-70-76(80)77-74(73-84-85(81,82)83-72-71-78(3,4)5)75(79)69-67-65-63-61-59-57-55-53-51-49-47-45-43-35-33-31-29-27-25-23-21-19-17-15-13-11-9-7-2/h24,26,51,53,59,61,67,69,74-75,79H,6-23,25,27-50,52,54-58,60,62-66,68,70-73H2,1-5H3,(H-,77,80,81,82)/p+1/b26-24-,53-51+,61-59+,69-67+. The molecule has 0 aliphatic heterocycles. The Labute approximate surface area is 530 Å². The summed E-state index contributed by atoms with van der Waals surface area (Å²) in [6.07, 6.45) is 91.5. The number of aliphatic hydroxyl groups excluding tert-OH is 1. The molecule has 0 radical (unpaired) electrons. The summed E-state index contributed by atoms with van der Waals surface area (Å²) in [6, 6.07) is -0.871. The van der Waals surface area contributed by atoms with Crippen LogP contribution in [0.25, 0.3) is 0 Å². The number of carbonyl (C=O) groups is 1. The average molecular weight is 1220 g/mol. The number of nitrogens with one attached hydrogen (secondary N) is 1. The molecule has 3 atom stereocenters. The molecule has 3 unspecified atom stereocenters. The fraction of sp³-hybridized carbons (Fsp3) is 0.882. The van der Waals surface area contributed by atoms with Gasteiger partial charge in [-0.1, -0.05) is 351 Å². The SMILES string of the molecule is CCCCCCCCCC/C=C\CCCCCCCCCCCCCCCCCCCCCCCCCC(=O)NC(COP(=O)(O)OCC[N+](C)(C)C)C(O)/C=C/CC/C=C/CC/C=C/CCCCCCCCCCCCCCCCCCCC. The van der Waals surface area contributed by atoms with Crippen molar-refractivity contribution in [1.29, 1.82) is 0 Å². The van der Waals surface area contributed by atoms with Gasteiger partial charge in [0.05, 0.1) is 39.9 Å². The van der Waals surface area contributed by atoms with Crippen molar-refractivity contribution < 1.29 is 32.9 Å². The highest BCUT2D eigenvalue weighted by atomic mass is 31.2. The average Bonchev–Trinajstić information content (AvgIpc) is 3.48. The third-order valence-corrected chi connectivity index (χ3v) is 18.2. The Balaban J connectivity index is 4.04. The molecule has 0 aromatic rings. The maximum atomic E-state index is 13.1. The molecule has 0 rings (SSSR count). The molecule has 0 aromatic carbocycles. The Bertz CT molecular complexity index is 1530. The van der Waals surface area contributed by atoms with E-state index in [0.717, 1.165) is 44.9 Å². The lowest BCUT2D eigenvalue weighted by Crippen LogP contribution is -2.45. The molecule has 502 valence electrons. The van der Waals surface area contributed by atoms with Crippen LogP contribution in [0.15, 0.2) is 48.6 Å². The lowest BCUT2D eigenvalue weighted by atomic mass is 10.0. The van der Waals surface area contributed by atoms with E-state index in [-0.39, 0.29) is 19.1 Å². The number of amides is 1. The Kier molecular flexibility index (Phi) is 65.7. The van der Waals surface area contributed by atoms with Gasteiger partial charge < -0.3 is 19.8 Å². The van der Waals surface area contributed by atoms with Crippen LogP contribution < -0.4 is 5.32 Å². The molecule has 0 fully saturated rings. The number of hydrogen-bond acceptors (Lipinski definition) is 5. The number of phosphoric ester groups is 1. The van der Waals surface area contributed by atoms with Crippen LogP contribution >= 0.6 is 7.82 Å². The lowest BCUT2D eigenvalue weighted by Gasteiger charge is -2.25. The van der Waals surface area contributed by atoms with Gasteiger partial charge >= 0.3 is 7.82 Å². The van der Waals surface area contributed by atoms with Crippen molar-refractivity contribution in [2.45, 2.75) is 392 Å². The molecule has 0 bridgehead atoms. The monoisotopic (exact) mass is 1220 g/mol. The van der Waals surface area contributed by atoms with Crippen molar-refractivity contribution in [1.82, 2.24) is 5.32 Å². The van der Waals surface area contributed by atoms with Gasteiger partial charge in [-0.3, -0.25) is 13.8 Å². The number of nitrogens with zero attached hydrogens (tertiary/aromatic N) is 1. The van der Waals surface area contributed by atoms with Crippen molar-refractivity contribution in [3.05, 3.63) is 48.6 Å². The van der Waals surface area contributed by atoms with Crippen LogP contribution in [0.4, 0.5) is 0 Å². The predicted molar refractivity (Wildman–Crippen MR) is 374 cm³/mol. The van der Waals surface area contributed by atoms with Crippen molar-refractivity contribution >= 4 is 13.7 Å². The topological polar surface area (TPSA) is 105 Å². The predicted octanol–water partition coefficient (Wildman–Crippen LogP) is 24.2. The van der Waals surface area contributed by atoms with Crippen LogP contribution in [-0.4, -0.2) is 73.4 Å². The first-order valence-electron chi connectivity index (χ1n) is 37.5. The second-order valence-electron chi connectivity index (χ2n) is 27.0. The van der Waals surface area contributed by atoms with E-state index in [1.54, 1.807) is 6.08 Å². The Morgan fingerprint density at radius 2 is 0.647 bits per heavy atom. The smallest absolute Gasteiger partial charge is 0.387 e. The summed E-state index contributed by atoms with van der Waals surface area (Å²) in [6.45, 7) is 4.84. The van der Waals surface area contributed by atoms with Gasteiger partial charge in [0, 0.05) is 6.42 Å². The summed E-state index contributed by atoms with van der Waals surface area (Å²) < 4.78 is 23.8. The number of quaternary nitrogens is 1. The summed E-state index contributed by atoms with van der Waals surface area (Å²) in [5.41, 5.74) is 0. The fourth-order valence-corrected chi connectivity index (χ4v) is 12.2. The molecule has 0 spiro atoms. The largest absolute Gasteiger partial charge is 0.472 e. The van der Waals surface area contributed by atoms with Gasteiger partial charge in [0.2, 0.25) is 5.91 Å². The van der Waals surface area contributed by atoms with E-state index in [4.69, 9.17) is 9.05 Å². The molecule has 0 aliphatic rings. The van der Waals surface area contributed by atoms with Crippen LogP contribution in [0.2, 0.25) is 0 Å². The number of phosphoric acid groups is 1. The molecule has 1 amide bonds. The maximum absolute atomic E-state index is 13.1. The van der Waals surface area contributed by atoms with Crippen LogP contribution in [0.5, 0.6) is 0 Å². The minimum absolute atomic E-state index is 0.0547. The zero-order valence-electron chi connectivity index (χ0n) is 57.6. The van der Waals surface area contributed by atoms with Gasteiger partial charge in [-0.15, -0.1) is 0 Å². The molecular weight excluding hydrogens is 1070 g/mol. The van der Waals surface area contributed by atoms with Gasteiger partial charge in [0.1, 0.15) is 13.2 Å². The molecule has 8 nitrogen and oxygen atoms in total. The minimum atomic E-state index is -4.37. The second-order valence-corrected chi connectivity index (χ2v) is 28.5. The zero-order chi connectivity index (χ0) is 61.9. The van der Waals surface area contributed by atoms with Gasteiger partial charge in [0.25, 0.3) is 0 Å². The first-order valence-corrected chi connectivity index (χ1v) is 39.0. The van der Waals surface area contributed by atoms with Gasteiger partial charge in [-0.2, -0.15) is 0 Å². The van der Waals surface area contributed by atoms with E-state index in [9.17, 15) is 19.4 Å². The van der Waals surface area contributed by atoms with E-state index in [2.05, 4.69) is 55.6 Å². The van der Waals surface area contributed by atoms with Gasteiger partial charge in [-0.05, 0) is 70.6 Å². The van der Waals surface area contributed by atoms with Gasteiger partial charge in [-0.25, -0.2) is 4.57 Å². The second kappa shape index (κ2) is 66.9. The third-order valence-electron chi connectivity index (χ3n) is 17.2. The van der Waals surface area contributed by atoms with Crippen LogP contribution in [0, 0.1) is 0 Å². The summed E-state index contributed by atoms with van der Waals surface area (Å²) >= 11 is 0. The third kappa shape index (κ3) is 69.8. The van der Waals surface area contributed by atoms with Crippen LogP contribution in [0.1, 0.15) is 380 Å². The summed E-state index contributed by atoms with van der Waals surface area (Å²) in [5, 5.41) is 14.0. The maximum Gasteiger partial charge on any atom is 0.472 e. The van der Waals surface area contributed by atoms with Gasteiger partial charge in [0.15, 0.2) is 0 Å². The quantitative estimate of drug-likeness (QED) is 0.0243. The summed E-state index contributed by atoms with van der Waals surface area (Å²) in [7, 11) is 1.56. The Morgan fingerprint density at radius 3 is 0.941 bits per heavy atom. The molecule has 0 saturated carbocycles. The number of carbonyl (C=O) groups excluding carboxylic acids is 1. The van der Waals surface area contributed by atoms with Crippen LogP contribution in [-0.2, 0) is 18.4 Å². The molecule has 0 aromatic heterocycles. The van der Waals surface area contributed by atoms with Crippen molar-refractivity contribution in [2.75, 3.05) is 40.9 Å².